The summed E-state index contributed by atoms with van der Waals surface area (Å²) < 4.78 is 0. The van der Waals surface area contributed by atoms with Gasteiger partial charge in [-0.2, -0.15) is 0 Å². The molecule has 1 atom stereocenters. The van der Waals surface area contributed by atoms with Crippen LogP contribution in [0.15, 0.2) is 11.8 Å². The van der Waals surface area contributed by atoms with E-state index in [1.165, 1.54) is 0 Å². The summed E-state index contributed by atoms with van der Waals surface area (Å²) >= 11 is 0. The van der Waals surface area contributed by atoms with E-state index in [0.717, 1.165) is 18.5 Å². The molecule has 0 amide bonds. The maximum Gasteiger partial charge on any atom is 0.159 e. The lowest BCUT2D eigenvalue weighted by molar-refractivity contribution is -0.115. The molecule has 1 rings (SSSR count). The molecule has 1 unspecified atom stereocenters. The van der Waals surface area contributed by atoms with Gasteiger partial charge in [0.25, 0.3) is 0 Å². The van der Waals surface area contributed by atoms with E-state index in [4.69, 9.17) is 0 Å². The number of hydrogen-bond donors (Lipinski definition) is 1. The van der Waals surface area contributed by atoms with Crippen LogP contribution in [-0.4, -0.2) is 11.8 Å². The van der Waals surface area contributed by atoms with Gasteiger partial charge in [0, 0.05) is 18.2 Å². The fourth-order valence-electron chi connectivity index (χ4n) is 1.48. The largest absolute Gasteiger partial charge is 0.385 e. The number of hydrogen-bond acceptors (Lipinski definition) is 2. The van der Waals surface area contributed by atoms with E-state index in [1.807, 2.05) is 6.92 Å². The van der Waals surface area contributed by atoms with Crippen molar-refractivity contribution in [3.63, 3.8) is 0 Å². The lowest BCUT2D eigenvalue weighted by Gasteiger charge is -2.22. The van der Waals surface area contributed by atoms with Crippen LogP contribution >= 0.6 is 0 Å². The fourth-order valence-corrected chi connectivity index (χ4v) is 1.48. The smallest absolute Gasteiger partial charge is 0.159 e. The van der Waals surface area contributed by atoms with Gasteiger partial charge in [-0.25, -0.2) is 0 Å². The third-order valence-electron chi connectivity index (χ3n) is 1.89. The summed E-state index contributed by atoms with van der Waals surface area (Å²) in [6, 6.07) is 0.387. The lowest BCUT2D eigenvalue weighted by atomic mass is 10.0. The highest BCUT2D eigenvalue weighted by Gasteiger charge is 2.15. The van der Waals surface area contributed by atoms with E-state index in [2.05, 4.69) is 12.2 Å². The van der Waals surface area contributed by atoms with Gasteiger partial charge in [-0.05, 0) is 19.4 Å². The Bertz CT molecular complexity index is 184. The summed E-state index contributed by atoms with van der Waals surface area (Å²) in [6.07, 6.45) is 4.59. The molecule has 0 aliphatic carbocycles. The predicted molar refractivity (Wildman–Crippen MR) is 45.2 cm³/mol. The van der Waals surface area contributed by atoms with Crippen LogP contribution in [0.25, 0.3) is 0 Å². The van der Waals surface area contributed by atoms with Gasteiger partial charge in [-0.3, -0.25) is 4.79 Å². The van der Waals surface area contributed by atoms with E-state index in [9.17, 15) is 4.79 Å². The molecular weight excluding hydrogens is 138 g/mol. The SMILES string of the molecule is CCCC1CC(=O)C=C(C)N1. The van der Waals surface area contributed by atoms with Crippen LogP contribution in [0.1, 0.15) is 33.1 Å². The van der Waals surface area contributed by atoms with Crippen molar-refractivity contribution >= 4 is 5.78 Å². The summed E-state index contributed by atoms with van der Waals surface area (Å²) in [4.78, 5) is 11.0. The van der Waals surface area contributed by atoms with Crippen molar-refractivity contribution in [3.8, 4) is 0 Å². The fraction of sp³-hybridized carbons (Fsp3) is 0.667. The molecule has 62 valence electrons. The van der Waals surface area contributed by atoms with Crippen LogP contribution in [-0.2, 0) is 4.79 Å². The van der Waals surface area contributed by atoms with Crippen molar-refractivity contribution in [2.75, 3.05) is 0 Å². The molecule has 2 nitrogen and oxygen atoms in total. The molecule has 0 saturated carbocycles. The molecule has 0 aromatic carbocycles. The molecule has 0 bridgehead atoms. The Labute approximate surface area is 67.7 Å². The summed E-state index contributed by atoms with van der Waals surface area (Å²) in [5.74, 6) is 0.264. The first kappa shape index (κ1) is 8.31. The molecule has 1 N–H and O–H groups in total. The topological polar surface area (TPSA) is 29.1 Å². The zero-order valence-corrected chi connectivity index (χ0v) is 7.18. The first-order chi connectivity index (χ1) is 5.22. The molecule has 11 heavy (non-hydrogen) atoms. The number of allylic oxidation sites excluding steroid dienone is 2. The third-order valence-corrected chi connectivity index (χ3v) is 1.89. The van der Waals surface area contributed by atoms with E-state index in [0.29, 0.717) is 12.5 Å². The maximum atomic E-state index is 11.0. The van der Waals surface area contributed by atoms with Crippen LogP contribution in [0.5, 0.6) is 0 Å². The zero-order chi connectivity index (χ0) is 8.27. The minimum atomic E-state index is 0.264. The van der Waals surface area contributed by atoms with E-state index < -0.39 is 0 Å². The normalized spacial score (nSPS) is 24.4. The van der Waals surface area contributed by atoms with Crippen LogP contribution < -0.4 is 5.32 Å². The molecule has 0 radical (unpaired) electrons. The van der Waals surface area contributed by atoms with Crippen molar-refractivity contribution in [3.05, 3.63) is 11.8 Å². The standard InChI is InChI=1S/C9H15NO/c1-3-4-8-6-9(11)5-7(2)10-8/h5,8,10H,3-4,6H2,1-2H3. The summed E-state index contributed by atoms with van der Waals surface area (Å²) in [5, 5.41) is 3.29. The molecule has 2 heteroatoms. The Hall–Kier alpha value is -0.790. The molecule has 0 aromatic rings. The molecule has 1 heterocycles. The van der Waals surface area contributed by atoms with Crippen molar-refractivity contribution < 1.29 is 4.79 Å². The second-order valence-corrected chi connectivity index (χ2v) is 3.13. The van der Waals surface area contributed by atoms with Gasteiger partial charge in [0.05, 0.1) is 0 Å². The van der Waals surface area contributed by atoms with Gasteiger partial charge >= 0.3 is 0 Å². The van der Waals surface area contributed by atoms with E-state index in [1.54, 1.807) is 6.08 Å². The number of carbonyl (C=O) groups is 1. The first-order valence-electron chi connectivity index (χ1n) is 4.20. The van der Waals surface area contributed by atoms with Gasteiger partial charge in [-0.1, -0.05) is 13.3 Å². The zero-order valence-electron chi connectivity index (χ0n) is 7.18. The number of carbonyl (C=O) groups excluding carboxylic acids is 1. The number of rotatable bonds is 2. The van der Waals surface area contributed by atoms with Gasteiger partial charge in [0.2, 0.25) is 0 Å². The van der Waals surface area contributed by atoms with Crippen molar-refractivity contribution in [2.45, 2.75) is 39.2 Å². The quantitative estimate of drug-likeness (QED) is 0.653. The molecular formula is C9H15NO. The van der Waals surface area contributed by atoms with E-state index >= 15 is 0 Å². The number of nitrogens with one attached hydrogen (secondary N) is 1. The van der Waals surface area contributed by atoms with Crippen LogP contribution in [0.4, 0.5) is 0 Å². The summed E-state index contributed by atoms with van der Waals surface area (Å²) in [7, 11) is 0. The van der Waals surface area contributed by atoms with Crippen LogP contribution in [0.2, 0.25) is 0 Å². The average Bonchev–Trinajstić information content (AvgIpc) is 1.85. The highest BCUT2D eigenvalue weighted by molar-refractivity contribution is 5.91. The number of ketones is 1. The van der Waals surface area contributed by atoms with Gasteiger partial charge in [-0.15, -0.1) is 0 Å². The highest BCUT2D eigenvalue weighted by Crippen LogP contribution is 2.10. The van der Waals surface area contributed by atoms with Gasteiger partial charge < -0.3 is 5.32 Å². The highest BCUT2D eigenvalue weighted by atomic mass is 16.1. The Morgan fingerprint density at radius 1 is 1.73 bits per heavy atom. The first-order valence-corrected chi connectivity index (χ1v) is 4.20. The summed E-state index contributed by atoms with van der Waals surface area (Å²) in [6.45, 7) is 4.08. The average molecular weight is 153 g/mol. The molecule has 1 aliphatic rings. The Morgan fingerprint density at radius 2 is 2.45 bits per heavy atom. The van der Waals surface area contributed by atoms with Crippen LogP contribution in [0, 0.1) is 0 Å². The molecule has 1 aliphatic heterocycles. The predicted octanol–water partition coefficient (Wildman–Crippen LogP) is 1.62. The minimum Gasteiger partial charge on any atom is -0.385 e. The maximum absolute atomic E-state index is 11.0. The van der Waals surface area contributed by atoms with Gasteiger partial charge in [0.15, 0.2) is 5.78 Å². The minimum absolute atomic E-state index is 0.264. The van der Waals surface area contributed by atoms with Crippen LogP contribution in [0.3, 0.4) is 0 Å². The Kier molecular flexibility index (Phi) is 2.69. The van der Waals surface area contributed by atoms with Crippen molar-refractivity contribution in [2.24, 2.45) is 0 Å². The monoisotopic (exact) mass is 153 g/mol. The van der Waals surface area contributed by atoms with E-state index in [-0.39, 0.29) is 5.78 Å². The molecule has 0 fully saturated rings. The molecule has 0 aromatic heterocycles. The van der Waals surface area contributed by atoms with Crippen molar-refractivity contribution in [1.82, 2.24) is 5.32 Å². The summed E-state index contributed by atoms with van der Waals surface area (Å²) in [5.41, 5.74) is 1.01. The second kappa shape index (κ2) is 3.56. The Balaban J connectivity index is 2.50. The van der Waals surface area contributed by atoms with Gasteiger partial charge in [0.1, 0.15) is 0 Å². The Morgan fingerprint density at radius 3 is 3.00 bits per heavy atom. The third kappa shape index (κ3) is 2.37. The lowest BCUT2D eigenvalue weighted by Crippen LogP contribution is -2.33. The molecule has 0 saturated heterocycles. The molecule has 0 spiro atoms. The second-order valence-electron chi connectivity index (χ2n) is 3.13. The van der Waals surface area contributed by atoms with Crippen molar-refractivity contribution in [1.29, 1.82) is 0 Å².